The summed E-state index contributed by atoms with van der Waals surface area (Å²) in [6, 6.07) is 6.24. The van der Waals surface area contributed by atoms with Gasteiger partial charge in [0.1, 0.15) is 17.4 Å². The smallest absolute Gasteiger partial charge is 0.128 e. The second kappa shape index (κ2) is 5.12. The number of nitrogens with zero attached hydrogens (tertiary/aromatic N) is 2. The number of aryl methyl sites for hydroxylation is 2. The van der Waals surface area contributed by atoms with E-state index in [-0.39, 0.29) is 5.82 Å². The third-order valence-corrected chi connectivity index (χ3v) is 2.65. The molecule has 0 radical (unpaired) electrons. The maximum atomic E-state index is 13.4. The molecule has 1 heterocycles. The predicted molar refractivity (Wildman–Crippen MR) is 68.1 cm³/mol. The summed E-state index contributed by atoms with van der Waals surface area (Å²) in [7, 11) is 1.56. The number of methoxy groups -OCH3 is 1. The Bertz CT molecular complexity index is 570. The lowest BCUT2D eigenvalue weighted by Gasteiger charge is -2.09. The summed E-state index contributed by atoms with van der Waals surface area (Å²) in [6.45, 7) is 3.89. The zero-order valence-corrected chi connectivity index (χ0v) is 10.7. The van der Waals surface area contributed by atoms with Gasteiger partial charge in [0.15, 0.2) is 0 Å². The molecule has 0 saturated carbocycles. The van der Waals surface area contributed by atoms with Crippen LogP contribution in [0.5, 0.6) is 5.75 Å². The summed E-state index contributed by atoms with van der Waals surface area (Å²) < 4.78 is 18.6. The van der Waals surface area contributed by atoms with E-state index in [0.29, 0.717) is 17.0 Å². The van der Waals surface area contributed by atoms with Gasteiger partial charge < -0.3 is 4.74 Å². The number of hydrogen-bond donors (Lipinski definition) is 0. The molecule has 0 aliphatic carbocycles. The Morgan fingerprint density at radius 2 is 2.00 bits per heavy atom. The zero-order chi connectivity index (χ0) is 13.1. The normalized spacial score (nSPS) is 10.4. The largest absolute Gasteiger partial charge is 0.496 e. The van der Waals surface area contributed by atoms with Gasteiger partial charge in [-0.25, -0.2) is 14.4 Å². The minimum Gasteiger partial charge on any atom is -0.496 e. The summed E-state index contributed by atoms with van der Waals surface area (Å²) in [5.74, 6) is 1.05. The number of halogens is 1. The van der Waals surface area contributed by atoms with Crippen LogP contribution in [0.25, 0.3) is 11.3 Å². The lowest BCUT2D eigenvalue weighted by molar-refractivity contribution is 0.415. The van der Waals surface area contributed by atoms with E-state index in [9.17, 15) is 4.39 Å². The summed E-state index contributed by atoms with van der Waals surface area (Å²) >= 11 is 0. The number of rotatable bonds is 3. The van der Waals surface area contributed by atoms with Crippen LogP contribution in [0.4, 0.5) is 4.39 Å². The molecule has 1 aromatic heterocycles. The standard InChI is InChI=1S/C14H15FN2O/c1-4-14-16-9(2)7-12(17-14)11-8-10(15)5-6-13(11)18-3/h5-8H,4H2,1-3H3. The first-order chi connectivity index (χ1) is 8.63. The van der Waals surface area contributed by atoms with Crippen molar-refractivity contribution < 1.29 is 9.13 Å². The molecule has 2 rings (SSSR count). The molecule has 94 valence electrons. The average molecular weight is 246 g/mol. The highest BCUT2D eigenvalue weighted by Gasteiger charge is 2.10. The van der Waals surface area contributed by atoms with Crippen molar-refractivity contribution in [2.24, 2.45) is 0 Å². The molecule has 0 saturated heterocycles. The van der Waals surface area contributed by atoms with Gasteiger partial charge in [0.25, 0.3) is 0 Å². The number of aromatic nitrogens is 2. The highest BCUT2D eigenvalue weighted by Crippen LogP contribution is 2.29. The van der Waals surface area contributed by atoms with Gasteiger partial charge >= 0.3 is 0 Å². The topological polar surface area (TPSA) is 35.0 Å². The molecule has 0 amide bonds. The predicted octanol–water partition coefficient (Wildman–Crippen LogP) is 3.16. The van der Waals surface area contributed by atoms with Crippen molar-refractivity contribution in [3.05, 3.63) is 41.6 Å². The molecule has 0 bridgehead atoms. The number of ether oxygens (including phenoxy) is 1. The van der Waals surface area contributed by atoms with Crippen molar-refractivity contribution in [3.63, 3.8) is 0 Å². The van der Waals surface area contributed by atoms with Crippen molar-refractivity contribution in [1.29, 1.82) is 0 Å². The fourth-order valence-electron chi connectivity index (χ4n) is 1.81. The third-order valence-electron chi connectivity index (χ3n) is 2.65. The third kappa shape index (κ3) is 2.47. The second-order valence-electron chi connectivity index (χ2n) is 4.01. The van der Waals surface area contributed by atoms with E-state index >= 15 is 0 Å². The fraction of sp³-hybridized carbons (Fsp3) is 0.286. The number of hydrogen-bond acceptors (Lipinski definition) is 3. The molecular formula is C14H15FN2O. The summed E-state index contributed by atoms with van der Waals surface area (Å²) in [5, 5.41) is 0. The average Bonchev–Trinajstić information content (AvgIpc) is 2.38. The molecule has 1 aromatic carbocycles. The van der Waals surface area contributed by atoms with Gasteiger partial charge in [-0.05, 0) is 31.2 Å². The molecule has 3 nitrogen and oxygen atoms in total. The first-order valence-electron chi connectivity index (χ1n) is 5.82. The minimum absolute atomic E-state index is 0.305. The molecule has 18 heavy (non-hydrogen) atoms. The van der Waals surface area contributed by atoms with Crippen LogP contribution < -0.4 is 4.74 Å². The van der Waals surface area contributed by atoms with Crippen molar-refractivity contribution in [1.82, 2.24) is 9.97 Å². The van der Waals surface area contributed by atoms with Gasteiger partial charge in [0, 0.05) is 17.7 Å². The van der Waals surface area contributed by atoms with Crippen LogP contribution in [0.2, 0.25) is 0 Å². The summed E-state index contributed by atoms with van der Waals surface area (Å²) in [5.41, 5.74) is 2.21. The van der Waals surface area contributed by atoms with E-state index in [2.05, 4.69) is 9.97 Å². The van der Waals surface area contributed by atoms with Gasteiger partial charge in [-0.1, -0.05) is 6.92 Å². The van der Waals surface area contributed by atoms with Crippen LogP contribution in [0.1, 0.15) is 18.4 Å². The molecule has 0 aliphatic rings. The van der Waals surface area contributed by atoms with Gasteiger partial charge in [-0.3, -0.25) is 0 Å². The van der Waals surface area contributed by atoms with Crippen molar-refractivity contribution in [2.45, 2.75) is 20.3 Å². The van der Waals surface area contributed by atoms with E-state index in [1.165, 1.54) is 12.1 Å². The quantitative estimate of drug-likeness (QED) is 0.834. The molecule has 0 atom stereocenters. The maximum absolute atomic E-state index is 13.4. The van der Waals surface area contributed by atoms with Crippen LogP contribution in [0.15, 0.2) is 24.3 Å². The van der Waals surface area contributed by atoms with E-state index < -0.39 is 0 Å². The van der Waals surface area contributed by atoms with Crippen LogP contribution in [-0.4, -0.2) is 17.1 Å². The SMILES string of the molecule is CCc1nc(C)cc(-c2cc(F)ccc2OC)n1. The van der Waals surface area contributed by atoms with Crippen LogP contribution in [0, 0.1) is 12.7 Å². The summed E-state index contributed by atoms with van der Waals surface area (Å²) in [6.07, 6.45) is 0.742. The molecule has 2 aromatic rings. The van der Waals surface area contributed by atoms with Gasteiger partial charge in [0.2, 0.25) is 0 Å². The summed E-state index contributed by atoms with van der Waals surface area (Å²) in [4.78, 5) is 8.72. The van der Waals surface area contributed by atoms with Crippen molar-refractivity contribution in [3.8, 4) is 17.0 Å². The lowest BCUT2D eigenvalue weighted by Crippen LogP contribution is -1.99. The fourth-order valence-corrected chi connectivity index (χ4v) is 1.81. The molecule has 4 heteroatoms. The van der Waals surface area contributed by atoms with Crippen LogP contribution in [0.3, 0.4) is 0 Å². The molecule has 0 aliphatic heterocycles. The van der Waals surface area contributed by atoms with Crippen LogP contribution in [-0.2, 0) is 6.42 Å². The van der Waals surface area contributed by atoms with Gasteiger partial charge in [-0.15, -0.1) is 0 Å². The molecule has 0 fully saturated rings. The van der Waals surface area contributed by atoms with E-state index in [4.69, 9.17) is 4.74 Å². The monoisotopic (exact) mass is 246 g/mol. The van der Waals surface area contributed by atoms with E-state index in [0.717, 1.165) is 17.9 Å². The lowest BCUT2D eigenvalue weighted by atomic mass is 10.1. The number of benzene rings is 1. The molecule has 0 N–H and O–H groups in total. The first kappa shape index (κ1) is 12.5. The Labute approximate surface area is 106 Å². The Hall–Kier alpha value is -1.97. The Balaban J connectivity index is 2.60. The van der Waals surface area contributed by atoms with E-state index in [1.807, 2.05) is 19.9 Å². The van der Waals surface area contributed by atoms with Crippen LogP contribution >= 0.6 is 0 Å². The molecular weight excluding hydrogens is 231 g/mol. The van der Waals surface area contributed by atoms with Crippen molar-refractivity contribution >= 4 is 0 Å². The Kier molecular flexibility index (Phi) is 3.55. The minimum atomic E-state index is -0.305. The van der Waals surface area contributed by atoms with Crippen molar-refractivity contribution in [2.75, 3.05) is 7.11 Å². The van der Waals surface area contributed by atoms with Gasteiger partial charge in [-0.2, -0.15) is 0 Å². The Morgan fingerprint density at radius 3 is 2.67 bits per heavy atom. The molecule has 0 spiro atoms. The van der Waals surface area contributed by atoms with Gasteiger partial charge in [0.05, 0.1) is 12.8 Å². The molecule has 0 unspecified atom stereocenters. The second-order valence-corrected chi connectivity index (χ2v) is 4.01. The maximum Gasteiger partial charge on any atom is 0.128 e. The highest BCUT2D eigenvalue weighted by molar-refractivity contribution is 5.67. The first-order valence-corrected chi connectivity index (χ1v) is 5.82. The Morgan fingerprint density at radius 1 is 1.22 bits per heavy atom. The zero-order valence-electron chi connectivity index (χ0n) is 10.7. The highest BCUT2D eigenvalue weighted by atomic mass is 19.1. The van der Waals surface area contributed by atoms with E-state index in [1.54, 1.807) is 13.2 Å².